The first-order valence-electron chi connectivity index (χ1n) is 10.2. The first-order chi connectivity index (χ1) is 15.9. The molecule has 3 N–H and O–H groups in total. The first-order valence-corrected chi connectivity index (χ1v) is 11.1. The maximum atomic E-state index is 12.8. The van der Waals surface area contributed by atoms with Gasteiger partial charge in [-0.1, -0.05) is 30.0 Å². The number of hydrogen-bond acceptors (Lipinski definition) is 7. The van der Waals surface area contributed by atoms with Gasteiger partial charge in [0.1, 0.15) is 17.0 Å². The highest BCUT2D eigenvalue weighted by atomic mass is 32.2. The molecule has 0 bridgehead atoms. The molecule has 0 aliphatic heterocycles. The van der Waals surface area contributed by atoms with E-state index >= 15 is 0 Å². The largest absolute Gasteiger partial charge is 0.497 e. The lowest BCUT2D eigenvalue weighted by Gasteiger charge is -2.16. The van der Waals surface area contributed by atoms with E-state index in [2.05, 4.69) is 20.5 Å². The standard InChI is InChI=1S/C23H24N6O3S/c1-13-7-5-6-8-17(13)29-21(24)20-14(2)27-28-22(20)26-23(29)33-12-19(30)25-16-10-9-15(31-3)11-18(16)32-4/h5-11,24H,12H2,1-4H3,(H,25,30)(H,27,28). The molecular formula is C23H24N6O3S. The third-order valence-electron chi connectivity index (χ3n) is 5.16. The quantitative estimate of drug-likeness (QED) is 0.284. The number of fused-ring (bicyclic) bond motifs is 1. The predicted octanol–water partition coefficient (Wildman–Crippen LogP) is 3.59. The van der Waals surface area contributed by atoms with Crippen molar-refractivity contribution in [2.75, 3.05) is 25.3 Å². The van der Waals surface area contributed by atoms with Crippen LogP contribution in [0.1, 0.15) is 11.3 Å². The summed E-state index contributed by atoms with van der Waals surface area (Å²) in [6, 6.07) is 13.0. The highest BCUT2D eigenvalue weighted by Gasteiger charge is 2.17. The topological polar surface area (TPSA) is 118 Å². The number of H-pyrrole nitrogens is 1. The molecule has 0 spiro atoms. The summed E-state index contributed by atoms with van der Waals surface area (Å²) >= 11 is 1.24. The fourth-order valence-electron chi connectivity index (χ4n) is 3.49. The number of nitrogens with one attached hydrogen (secondary N) is 3. The number of nitrogens with zero attached hydrogens (tertiary/aromatic N) is 3. The van der Waals surface area contributed by atoms with Gasteiger partial charge >= 0.3 is 0 Å². The molecule has 4 rings (SSSR count). The fraction of sp³-hybridized carbons (Fsp3) is 0.217. The van der Waals surface area contributed by atoms with E-state index in [0.717, 1.165) is 11.3 Å². The van der Waals surface area contributed by atoms with Gasteiger partial charge in [-0.25, -0.2) is 4.98 Å². The number of aromatic amines is 1. The Morgan fingerprint density at radius 2 is 1.97 bits per heavy atom. The van der Waals surface area contributed by atoms with Crippen molar-refractivity contribution in [3.63, 3.8) is 0 Å². The second kappa shape index (κ2) is 9.37. The summed E-state index contributed by atoms with van der Waals surface area (Å²) in [6.07, 6.45) is 0. The number of rotatable bonds is 7. The van der Waals surface area contributed by atoms with Crippen LogP contribution in [0, 0.1) is 19.3 Å². The van der Waals surface area contributed by atoms with Gasteiger partial charge in [0, 0.05) is 6.07 Å². The molecule has 1 amide bonds. The van der Waals surface area contributed by atoms with Crippen molar-refractivity contribution in [1.82, 2.24) is 19.7 Å². The molecule has 9 nitrogen and oxygen atoms in total. The van der Waals surface area contributed by atoms with Crippen LogP contribution in [-0.4, -0.2) is 45.6 Å². The van der Waals surface area contributed by atoms with Gasteiger partial charge in [0.2, 0.25) is 5.91 Å². The number of carbonyl (C=O) groups is 1. The minimum absolute atomic E-state index is 0.0894. The maximum Gasteiger partial charge on any atom is 0.234 e. The van der Waals surface area contributed by atoms with Crippen LogP contribution < -0.4 is 20.3 Å². The van der Waals surface area contributed by atoms with E-state index in [4.69, 9.17) is 14.9 Å². The Labute approximate surface area is 194 Å². The summed E-state index contributed by atoms with van der Waals surface area (Å²) < 4.78 is 12.3. The number of methoxy groups -OCH3 is 2. The number of thioether (sulfide) groups is 1. The SMILES string of the molecule is COc1ccc(NC(=O)CSc2nc3[nH]nc(C)c3c(=N)n2-c2ccccc2C)c(OC)c1. The molecule has 170 valence electrons. The zero-order chi connectivity index (χ0) is 23.5. The molecule has 4 aromatic rings. The molecule has 0 radical (unpaired) electrons. The third-order valence-corrected chi connectivity index (χ3v) is 6.10. The fourth-order valence-corrected chi connectivity index (χ4v) is 4.30. The lowest BCUT2D eigenvalue weighted by atomic mass is 10.2. The number of benzene rings is 2. The van der Waals surface area contributed by atoms with Crippen LogP contribution in [0.2, 0.25) is 0 Å². The summed E-state index contributed by atoms with van der Waals surface area (Å²) in [7, 11) is 3.10. The van der Waals surface area contributed by atoms with Crippen LogP contribution in [0.25, 0.3) is 16.7 Å². The number of hydrogen-bond donors (Lipinski definition) is 3. The molecule has 0 fully saturated rings. The van der Waals surface area contributed by atoms with E-state index in [1.54, 1.807) is 29.9 Å². The van der Waals surface area contributed by atoms with Gasteiger partial charge in [0.25, 0.3) is 0 Å². The van der Waals surface area contributed by atoms with E-state index < -0.39 is 0 Å². The molecule has 0 unspecified atom stereocenters. The minimum Gasteiger partial charge on any atom is -0.497 e. The van der Waals surface area contributed by atoms with Crippen LogP contribution >= 0.6 is 11.8 Å². The Balaban J connectivity index is 1.65. The molecular weight excluding hydrogens is 440 g/mol. The maximum absolute atomic E-state index is 12.8. The lowest BCUT2D eigenvalue weighted by Crippen LogP contribution is -2.24. The van der Waals surface area contributed by atoms with Crippen molar-refractivity contribution in [1.29, 1.82) is 5.41 Å². The molecule has 2 aromatic heterocycles. The average Bonchev–Trinajstić information content (AvgIpc) is 3.19. The van der Waals surface area contributed by atoms with Gasteiger partial charge in [0.05, 0.1) is 42.4 Å². The average molecular weight is 465 g/mol. The van der Waals surface area contributed by atoms with E-state index in [-0.39, 0.29) is 17.1 Å². The second-order valence-corrected chi connectivity index (χ2v) is 8.24. The van der Waals surface area contributed by atoms with Crippen molar-refractivity contribution in [2.45, 2.75) is 19.0 Å². The van der Waals surface area contributed by atoms with E-state index in [1.165, 1.54) is 18.9 Å². The van der Waals surface area contributed by atoms with Crippen LogP contribution in [0.4, 0.5) is 5.69 Å². The highest BCUT2D eigenvalue weighted by Crippen LogP contribution is 2.29. The van der Waals surface area contributed by atoms with Crippen LogP contribution in [0.5, 0.6) is 11.5 Å². The molecule has 0 saturated heterocycles. The van der Waals surface area contributed by atoms with Gasteiger partial charge in [-0.3, -0.25) is 19.9 Å². The molecule has 0 saturated carbocycles. The molecule has 2 aromatic carbocycles. The van der Waals surface area contributed by atoms with Gasteiger partial charge in [-0.15, -0.1) is 0 Å². The lowest BCUT2D eigenvalue weighted by molar-refractivity contribution is -0.113. The van der Waals surface area contributed by atoms with Crippen molar-refractivity contribution in [3.05, 3.63) is 59.2 Å². The molecule has 33 heavy (non-hydrogen) atoms. The summed E-state index contributed by atoms with van der Waals surface area (Å²) in [5.41, 5.74) is 3.85. The Morgan fingerprint density at radius 3 is 2.70 bits per heavy atom. The summed E-state index contributed by atoms with van der Waals surface area (Å²) in [4.78, 5) is 17.4. The van der Waals surface area contributed by atoms with Gasteiger partial charge < -0.3 is 14.8 Å². The molecule has 0 atom stereocenters. The van der Waals surface area contributed by atoms with Crippen molar-refractivity contribution < 1.29 is 14.3 Å². The van der Waals surface area contributed by atoms with E-state index in [0.29, 0.717) is 39.1 Å². The smallest absolute Gasteiger partial charge is 0.234 e. The number of amides is 1. The van der Waals surface area contributed by atoms with E-state index in [9.17, 15) is 4.79 Å². The minimum atomic E-state index is -0.228. The van der Waals surface area contributed by atoms with Crippen molar-refractivity contribution in [2.24, 2.45) is 0 Å². The molecule has 0 aliphatic carbocycles. The number of aryl methyl sites for hydroxylation is 2. The molecule has 2 heterocycles. The predicted molar refractivity (Wildman–Crippen MR) is 127 cm³/mol. The third kappa shape index (κ3) is 4.42. The van der Waals surface area contributed by atoms with Crippen LogP contribution in [-0.2, 0) is 4.79 Å². The first kappa shape index (κ1) is 22.4. The number of ether oxygens (including phenoxy) is 2. The Morgan fingerprint density at radius 1 is 1.18 bits per heavy atom. The number of para-hydroxylation sites is 1. The summed E-state index contributed by atoms with van der Waals surface area (Å²) in [5, 5.41) is 20.0. The Hall–Kier alpha value is -3.79. The van der Waals surface area contributed by atoms with Gasteiger partial charge in [-0.05, 0) is 37.6 Å². The number of carbonyl (C=O) groups excluding carboxylic acids is 1. The summed E-state index contributed by atoms with van der Waals surface area (Å²) in [5.74, 6) is 0.998. The Bertz CT molecular complexity index is 1390. The summed E-state index contributed by atoms with van der Waals surface area (Å²) in [6.45, 7) is 3.81. The van der Waals surface area contributed by atoms with Crippen LogP contribution in [0.3, 0.4) is 0 Å². The molecule has 0 aliphatic rings. The number of anilines is 1. The number of aromatic nitrogens is 4. The molecule has 10 heteroatoms. The van der Waals surface area contributed by atoms with Gasteiger partial charge in [0.15, 0.2) is 10.8 Å². The van der Waals surface area contributed by atoms with E-state index in [1.807, 2.05) is 38.1 Å². The zero-order valence-corrected chi connectivity index (χ0v) is 19.5. The second-order valence-electron chi connectivity index (χ2n) is 7.30. The van der Waals surface area contributed by atoms with Crippen molar-refractivity contribution in [3.8, 4) is 17.2 Å². The normalized spacial score (nSPS) is 10.9. The highest BCUT2D eigenvalue weighted by molar-refractivity contribution is 7.99. The van der Waals surface area contributed by atoms with Gasteiger partial charge in [-0.2, -0.15) is 5.10 Å². The monoisotopic (exact) mass is 464 g/mol. The Kier molecular flexibility index (Phi) is 6.36. The van der Waals surface area contributed by atoms with Crippen LogP contribution in [0.15, 0.2) is 47.6 Å². The zero-order valence-electron chi connectivity index (χ0n) is 18.7. The van der Waals surface area contributed by atoms with Crippen molar-refractivity contribution >= 4 is 34.4 Å².